The van der Waals surface area contributed by atoms with Crippen LogP contribution in [0.3, 0.4) is 0 Å². The molecule has 0 saturated carbocycles. The molecule has 4 unspecified atom stereocenters. The summed E-state index contributed by atoms with van der Waals surface area (Å²) in [4.78, 5) is 59.9. The van der Waals surface area contributed by atoms with Crippen LogP contribution >= 0.6 is 11.3 Å². The summed E-state index contributed by atoms with van der Waals surface area (Å²) < 4.78 is 0. The lowest BCUT2D eigenvalue weighted by atomic mass is 10.0. The molecule has 4 amide bonds. The molecule has 15 heteroatoms. The molecule has 4 atom stereocenters. The molecule has 1 aromatic heterocycles. The molecule has 0 aliphatic carbocycles. The molecular weight excluding hydrogens is 560 g/mol. The molecular formula is C27H42N10O4S. The number of nitrogens with zero attached hydrogens (tertiary/aromatic N) is 2. The summed E-state index contributed by atoms with van der Waals surface area (Å²) in [6.07, 6.45) is 2.39. The molecule has 0 spiro atoms. The zero-order valence-electron chi connectivity index (χ0n) is 23.5. The van der Waals surface area contributed by atoms with E-state index in [1.54, 1.807) is 10.9 Å². The topological polar surface area (TPSA) is 260 Å². The number of aliphatic imine (C=N–C) groups is 1. The van der Waals surface area contributed by atoms with Gasteiger partial charge in [-0.25, -0.2) is 4.98 Å². The first-order valence-corrected chi connectivity index (χ1v) is 14.7. The van der Waals surface area contributed by atoms with Gasteiger partial charge in [0.2, 0.25) is 23.6 Å². The molecule has 2 aromatic rings. The molecule has 1 heterocycles. The number of amides is 4. The van der Waals surface area contributed by atoms with E-state index in [9.17, 15) is 19.2 Å². The molecule has 0 aliphatic heterocycles. The van der Waals surface area contributed by atoms with Gasteiger partial charge in [0.25, 0.3) is 0 Å². The van der Waals surface area contributed by atoms with Crippen LogP contribution < -0.4 is 44.6 Å². The number of guanidine groups is 1. The maximum atomic E-state index is 13.5. The molecule has 13 N–H and O–H groups in total. The van der Waals surface area contributed by atoms with Crippen LogP contribution in [0.4, 0.5) is 0 Å². The number of benzene rings is 1. The Morgan fingerprint density at radius 1 is 0.833 bits per heavy atom. The highest BCUT2D eigenvalue weighted by atomic mass is 32.1. The minimum absolute atomic E-state index is 0.0531. The second-order valence-corrected chi connectivity index (χ2v) is 10.5. The van der Waals surface area contributed by atoms with Crippen LogP contribution in [-0.2, 0) is 32.0 Å². The first-order valence-electron chi connectivity index (χ1n) is 13.7. The highest BCUT2D eigenvalue weighted by Crippen LogP contribution is 2.09. The van der Waals surface area contributed by atoms with Gasteiger partial charge in [-0.15, -0.1) is 11.3 Å². The Balaban J connectivity index is 2.19. The van der Waals surface area contributed by atoms with Crippen LogP contribution in [0, 0.1) is 0 Å². The summed E-state index contributed by atoms with van der Waals surface area (Å²) in [5.74, 6) is -2.56. The third-order valence-corrected chi connectivity index (χ3v) is 6.99. The Bertz CT molecular complexity index is 1160. The van der Waals surface area contributed by atoms with Crippen molar-refractivity contribution in [2.45, 2.75) is 69.1 Å². The fourth-order valence-electron chi connectivity index (χ4n) is 4.09. The Morgan fingerprint density at radius 2 is 1.48 bits per heavy atom. The third-order valence-electron chi connectivity index (χ3n) is 6.35. The van der Waals surface area contributed by atoms with Gasteiger partial charge in [-0.05, 0) is 50.6 Å². The largest absolute Gasteiger partial charge is 0.370 e. The van der Waals surface area contributed by atoms with Crippen LogP contribution in [-0.4, -0.2) is 71.8 Å². The van der Waals surface area contributed by atoms with Crippen molar-refractivity contribution in [2.24, 2.45) is 33.7 Å². The second-order valence-electron chi connectivity index (χ2n) is 9.80. The number of unbranched alkanes of at least 4 members (excludes halogenated alkanes) is 1. The minimum Gasteiger partial charge on any atom is -0.370 e. The molecule has 0 saturated heterocycles. The normalized spacial score (nSPS) is 13.7. The lowest BCUT2D eigenvalue weighted by molar-refractivity contribution is -0.133. The van der Waals surface area contributed by atoms with Gasteiger partial charge in [-0.1, -0.05) is 30.3 Å². The van der Waals surface area contributed by atoms with Crippen molar-refractivity contribution in [3.05, 3.63) is 52.5 Å². The van der Waals surface area contributed by atoms with Gasteiger partial charge >= 0.3 is 0 Å². The van der Waals surface area contributed by atoms with Gasteiger partial charge in [0, 0.05) is 18.3 Å². The van der Waals surface area contributed by atoms with Gasteiger partial charge in [-0.2, -0.15) is 0 Å². The maximum absolute atomic E-state index is 13.5. The van der Waals surface area contributed by atoms with Crippen molar-refractivity contribution in [3.8, 4) is 0 Å². The standard InChI is InChI=1S/C27H42N10O4S/c28-11-5-4-9-20(23(30)38)35-26(41)22(14-18-15-42-16-34-18)37-25(40)21(10-6-12-33-27(31)32)36-24(39)19(29)13-17-7-2-1-3-8-17/h1-3,7-8,15-16,19-22H,4-6,9-14,28-29H2,(H2,30,38)(H,35,41)(H,36,39)(H,37,40)(H4,31,32,33). The number of primary amides is 1. The third kappa shape index (κ3) is 12.6. The van der Waals surface area contributed by atoms with E-state index in [1.807, 2.05) is 30.3 Å². The van der Waals surface area contributed by atoms with Crippen molar-refractivity contribution in [2.75, 3.05) is 13.1 Å². The quantitative estimate of drug-likeness (QED) is 0.0521. The lowest BCUT2D eigenvalue weighted by Gasteiger charge is -2.25. The molecule has 42 heavy (non-hydrogen) atoms. The Hall–Kier alpha value is -4.08. The van der Waals surface area contributed by atoms with E-state index in [0.717, 1.165) is 5.56 Å². The van der Waals surface area contributed by atoms with Crippen molar-refractivity contribution in [3.63, 3.8) is 0 Å². The molecule has 0 fully saturated rings. The minimum atomic E-state index is -1.11. The number of thiazole rings is 1. The van der Waals surface area contributed by atoms with Gasteiger partial charge < -0.3 is 44.6 Å². The van der Waals surface area contributed by atoms with E-state index in [4.69, 9.17) is 28.7 Å². The summed E-state index contributed by atoms with van der Waals surface area (Å²) in [6.45, 7) is 0.664. The zero-order valence-corrected chi connectivity index (χ0v) is 24.4. The zero-order chi connectivity index (χ0) is 30.9. The van der Waals surface area contributed by atoms with E-state index in [-0.39, 0.29) is 31.8 Å². The van der Waals surface area contributed by atoms with Gasteiger partial charge in [-0.3, -0.25) is 24.2 Å². The predicted molar refractivity (Wildman–Crippen MR) is 162 cm³/mol. The summed E-state index contributed by atoms with van der Waals surface area (Å²) >= 11 is 1.33. The van der Waals surface area contributed by atoms with Crippen LogP contribution in [0.25, 0.3) is 0 Å². The maximum Gasteiger partial charge on any atom is 0.243 e. The number of carbonyl (C=O) groups excluding carboxylic acids is 4. The van der Waals surface area contributed by atoms with Gasteiger partial charge in [0.15, 0.2) is 5.96 Å². The van der Waals surface area contributed by atoms with E-state index < -0.39 is 47.8 Å². The highest BCUT2D eigenvalue weighted by Gasteiger charge is 2.30. The molecule has 0 bridgehead atoms. The smallest absolute Gasteiger partial charge is 0.243 e. The van der Waals surface area contributed by atoms with Crippen LogP contribution in [0.2, 0.25) is 0 Å². The number of hydrogen-bond donors (Lipinski definition) is 8. The number of aromatic nitrogens is 1. The summed E-state index contributed by atoms with van der Waals surface area (Å²) in [7, 11) is 0. The number of nitrogens with two attached hydrogens (primary N) is 5. The fourth-order valence-corrected chi connectivity index (χ4v) is 4.66. The Morgan fingerprint density at radius 3 is 2.10 bits per heavy atom. The number of nitrogens with one attached hydrogen (secondary N) is 3. The first-order chi connectivity index (χ1) is 20.1. The van der Waals surface area contributed by atoms with Crippen LogP contribution in [0.5, 0.6) is 0 Å². The lowest BCUT2D eigenvalue weighted by Crippen LogP contribution is -2.58. The van der Waals surface area contributed by atoms with Crippen molar-refractivity contribution in [1.82, 2.24) is 20.9 Å². The van der Waals surface area contributed by atoms with Crippen molar-refractivity contribution < 1.29 is 19.2 Å². The summed E-state index contributed by atoms with van der Waals surface area (Å²) in [5.41, 5.74) is 31.0. The molecule has 1 aromatic carbocycles. The predicted octanol–water partition coefficient (Wildman–Crippen LogP) is -1.62. The van der Waals surface area contributed by atoms with E-state index in [2.05, 4.69) is 25.9 Å². The molecule has 0 radical (unpaired) electrons. The van der Waals surface area contributed by atoms with E-state index >= 15 is 0 Å². The Kier molecular flexibility index (Phi) is 14.9. The van der Waals surface area contributed by atoms with Gasteiger partial charge in [0.1, 0.15) is 18.1 Å². The molecule has 230 valence electrons. The molecule has 2 rings (SSSR count). The summed E-state index contributed by atoms with van der Waals surface area (Å²) in [5, 5.41) is 9.80. The number of hydrogen-bond acceptors (Lipinski definition) is 9. The van der Waals surface area contributed by atoms with Gasteiger partial charge in [0.05, 0.1) is 17.2 Å². The average Bonchev–Trinajstić information content (AvgIpc) is 3.47. The average molecular weight is 603 g/mol. The SMILES string of the molecule is NCCCCC(NC(=O)C(Cc1cscn1)NC(=O)C(CCCN=C(N)N)NC(=O)C(N)Cc1ccccc1)C(N)=O. The number of rotatable bonds is 19. The van der Waals surface area contributed by atoms with Crippen LogP contribution in [0.15, 0.2) is 46.2 Å². The van der Waals surface area contributed by atoms with Crippen molar-refractivity contribution >= 4 is 40.9 Å². The Labute approximate surface area is 249 Å². The highest BCUT2D eigenvalue weighted by molar-refractivity contribution is 7.07. The van der Waals surface area contributed by atoms with E-state index in [1.165, 1.54) is 11.3 Å². The fraction of sp³-hybridized carbons (Fsp3) is 0.481. The first kappa shape index (κ1) is 34.1. The van der Waals surface area contributed by atoms with E-state index in [0.29, 0.717) is 37.9 Å². The summed E-state index contributed by atoms with van der Waals surface area (Å²) in [6, 6.07) is 5.23. The monoisotopic (exact) mass is 602 g/mol. The molecule has 0 aliphatic rings. The second kappa shape index (κ2) is 18.4. The van der Waals surface area contributed by atoms with Crippen molar-refractivity contribution in [1.29, 1.82) is 0 Å². The van der Waals surface area contributed by atoms with Crippen LogP contribution in [0.1, 0.15) is 43.4 Å². The number of carbonyl (C=O) groups is 4. The molecule has 14 nitrogen and oxygen atoms in total.